The van der Waals surface area contributed by atoms with E-state index in [2.05, 4.69) is 5.32 Å². The van der Waals surface area contributed by atoms with Gasteiger partial charge < -0.3 is 15.0 Å². The third kappa shape index (κ3) is 4.31. The Morgan fingerprint density at radius 3 is 2.50 bits per heavy atom. The van der Waals surface area contributed by atoms with Crippen LogP contribution in [0, 0.1) is 5.92 Å². The maximum absolute atomic E-state index is 12.3. The van der Waals surface area contributed by atoms with Gasteiger partial charge in [0.15, 0.2) is 6.04 Å². The summed E-state index contributed by atoms with van der Waals surface area (Å²) in [5.74, 6) is -0.0770. The maximum atomic E-state index is 12.3. The van der Waals surface area contributed by atoms with Crippen LogP contribution in [0.4, 0.5) is 5.69 Å². The Labute approximate surface area is 131 Å². The number of amides is 1. The van der Waals surface area contributed by atoms with Crippen molar-refractivity contribution in [3.8, 4) is 0 Å². The molecule has 22 heavy (non-hydrogen) atoms. The lowest BCUT2D eigenvalue weighted by molar-refractivity contribution is -0.919. The van der Waals surface area contributed by atoms with Crippen molar-refractivity contribution in [3.05, 3.63) is 30.3 Å². The Bertz CT molecular complexity index is 496. The SMILES string of the molecule is CCOC(=O)C1CC[NH+]([C@@H](C)C(=O)Nc2ccccc2)CC1. The number of benzene rings is 1. The molecule has 0 spiro atoms. The van der Waals surface area contributed by atoms with Gasteiger partial charge in [0.2, 0.25) is 0 Å². The van der Waals surface area contributed by atoms with Crippen LogP contribution >= 0.6 is 0 Å². The van der Waals surface area contributed by atoms with Gasteiger partial charge in [-0.3, -0.25) is 9.59 Å². The molecule has 1 aliphatic heterocycles. The van der Waals surface area contributed by atoms with Crippen molar-refractivity contribution in [2.24, 2.45) is 5.92 Å². The zero-order chi connectivity index (χ0) is 15.9. The molecule has 2 N–H and O–H groups in total. The number of piperidine rings is 1. The molecule has 2 rings (SSSR count). The number of carbonyl (C=O) groups is 2. The average Bonchev–Trinajstić information content (AvgIpc) is 2.55. The lowest BCUT2D eigenvalue weighted by atomic mass is 9.96. The van der Waals surface area contributed by atoms with Gasteiger partial charge in [-0.15, -0.1) is 0 Å². The lowest BCUT2D eigenvalue weighted by Gasteiger charge is -2.31. The second-order valence-electron chi connectivity index (χ2n) is 5.76. The molecule has 0 unspecified atom stereocenters. The first-order valence-electron chi connectivity index (χ1n) is 7.99. The Kier molecular flexibility index (Phi) is 5.95. The molecule has 1 atom stereocenters. The van der Waals surface area contributed by atoms with Gasteiger partial charge in [0.05, 0.1) is 25.6 Å². The van der Waals surface area contributed by atoms with Crippen molar-refractivity contribution in [3.63, 3.8) is 0 Å². The average molecular weight is 305 g/mol. The summed E-state index contributed by atoms with van der Waals surface area (Å²) in [6.07, 6.45) is 1.58. The zero-order valence-corrected chi connectivity index (χ0v) is 13.3. The van der Waals surface area contributed by atoms with Crippen LogP contribution in [0.15, 0.2) is 30.3 Å². The van der Waals surface area contributed by atoms with E-state index in [1.165, 1.54) is 4.90 Å². The minimum atomic E-state index is -0.122. The van der Waals surface area contributed by atoms with Gasteiger partial charge in [0.1, 0.15) is 0 Å². The topological polar surface area (TPSA) is 59.8 Å². The Hall–Kier alpha value is -1.88. The number of hydrogen-bond donors (Lipinski definition) is 2. The molecule has 0 bridgehead atoms. The highest BCUT2D eigenvalue weighted by Gasteiger charge is 2.33. The summed E-state index contributed by atoms with van der Waals surface area (Å²) < 4.78 is 5.08. The molecule has 1 fully saturated rings. The van der Waals surface area contributed by atoms with Gasteiger partial charge in [0, 0.05) is 18.5 Å². The zero-order valence-electron chi connectivity index (χ0n) is 13.3. The first-order chi connectivity index (χ1) is 10.6. The number of carbonyl (C=O) groups excluding carboxylic acids is 2. The first-order valence-corrected chi connectivity index (χ1v) is 7.99. The highest BCUT2D eigenvalue weighted by Crippen LogP contribution is 2.12. The standard InChI is InChI=1S/C17H24N2O3/c1-3-22-17(21)14-9-11-19(12-10-14)13(2)16(20)18-15-7-5-4-6-8-15/h4-8,13-14H,3,9-12H2,1-2H3,(H,18,20)/p+1/t13-/m0/s1. The number of rotatable bonds is 5. The van der Waals surface area contributed by atoms with E-state index in [4.69, 9.17) is 4.74 Å². The molecule has 0 aliphatic carbocycles. The van der Waals surface area contributed by atoms with Crippen LogP contribution in [0.1, 0.15) is 26.7 Å². The van der Waals surface area contributed by atoms with Crippen molar-refractivity contribution in [1.82, 2.24) is 0 Å². The molecule has 120 valence electrons. The summed E-state index contributed by atoms with van der Waals surface area (Å²) in [7, 11) is 0. The molecule has 5 heteroatoms. The Morgan fingerprint density at radius 2 is 1.91 bits per heavy atom. The summed E-state index contributed by atoms with van der Waals surface area (Å²) in [6.45, 7) is 5.86. The van der Waals surface area contributed by atoms with Crippen LogP contribution in [-0.4, -0.2) is 37.6 Å². The largest absolute Gasteiger partial charge is 0.466 e. The monoisotopic (exact) mass is 305 g/mol. The third-order valence-corrected chi connectivity index (χ3v) is 4.29. The van der Waals surface area contributed by atoms with E-state index in [9.17, 15) is 9.59 Å². The smallest absolute Gasteiger partial charge is 0.309 e. The molecule has 1 heterocycles. The highest BCUT2D eigenvalue weighted by atomic mass is 16.5. The summed E-state index contributed by atoms with van der Waals surface area (Å²) in [4.78, 5) is 25.3. The molecule has 1 aromatic rings. The minimum absolute atomic E-state index is 0.00640. The highest BCUT2D eigenvalue weighted by molar-refractivity contribution is 5.93. The quantitative estimate of drug-likeness (QED) is 0.794. The van der Waals surface area contributed by atoms with Crippen molar-refractivity contribution >= 4 is 17.6 Å². The Morgan fingerprint density at radius 1 is 1.27 bits per heavy atom. The summed E-state index contributed by atoms with van der Waals surface area (Å²) >= 11 is 0. The van der Waals surface area contributed by atoms with Gasteiger partial charge >= 0.3 is 5.97 Å². The molecular weight excluding hydrogens is 280 g/mol. The van der Waals surface area contributed by atoms with Gasteiger partial charge in [0.25, 0.3) is 5.91 Å². The molecule has 0 radical (unpaired) electrons. The number of para-hydroxylation sites is 1. The van der Waals surface area contributed by atoms with Crippen LogP contribution in [-0.2, 0) is 14.3 Å². The van der Waals surface area contributed by atoms with E-state index >= 15 is 0 Å². The van der Waals surface area contributed by atoms with E-state index in [1.807, 2.05) is 44.2 Å². The van der Waals surface area contributed by atoms with Crippen LogP contribution in [0.2, 0.25) is 0 Å². The normalized spacial score (nSPS) is 22.6. The van der Waals surface area contributed by atoms with Crippen molar-refractivity contribution in [1.29, 1.82) is 0 Å². The van der Waals surface area contributed by atoms with Gasteiger partial charge in [-0.05, 0) is 26.0 Å². The van der Waals surface area contributed by atoms with E-state index < -0.39 is 0 Å². The molecule has 5 nitrogen and oxygen atoms in total. The minimum Gasteiger partial charge on any atom is -0.466 e. The van der Waals surface area contributed by atoms with E-state index in [0.717, 1.165) is 31.6 Å². The third-order valence-electron chi connectivity index (χ3n) is 4.29. The molecule has 1 aromatic carbocycles. The molecule has 1 aliphatic rings. The number of anilines is 1. The summed E-state index contributed by atoms with van der Waals surface area (Å²) in [5, 5.41) is 2.94. The first kappa shape index (κ1) is 16.5. The van der Waals surface area contributed by atoms with Crippen molar-refractivity contribution in [2.75, 3.05) is 25.0 Å². The lowest BCUT2D eigenvalue weighted by Crippen LogP contribution is -3.17. The van der Waals surface area contributed by atoms with E-state index in [-0.39, 0.29) is 23.8 Å². The molecule has 0 saturated carbocycles. The van der Waals surface area contributed by atoms with E-state index in [1.54, 1.807) is 0 Å². The van der Waals surface area contributed by atoms with Gasteiger partial charge in [-0.2, -0.15) is 0 Å². The van der Waals surface area contributed by atoms with Gasteiger partial charge in [-0.1, -0.05) is 18.2 Å². The second kappa shape index (κ2) is 7.94. The van der Waals surface area contributed by atoms with Gasteiger partial charge in [-0.25, -0.2) is 0 Å². The van der Waals surface area contributed by atoms with Crippen molar-refractivity contribution < 1.29 is 19.2 Å². The fourth-order valence-electron chi connectivity index (χ4n) is 2.87. The second-order valence-corrected chi connectivity index (χ2v) is 5.76. The van der Waals surface area contributed by atoms with E-state index in [0.29, 0.717) is 6.61 Å². The molecule has 1 saturated heterocycles. The fourth-order valence-corrected chi connectivity index (χ4v) is 2.87. The summed E-state index contributed by atoms with van der Waals surface area (Å²) in [6, 6.07) is 9.36. The predicted molar refractivity (Wildman–Crippen MR) is 84.6 cm³/mol. The predicted octanol–water partition coefficient (Wildman–Crippen LogP) is 0.872. The molecular formula is C17H25N2O3+. The molecule has 0 aromatic heterocycles. The summed E-state index contributed by atoms with van der Waals surface area (Å²) in [5.41, 5.74) is 0.820. The Balaban J connectivity index is 1.83. The molecule has 1 amide bonds. The number of nitrogens with one attached hydrogen (secondary N) is 2. The number of esters is 1. The van der Waals surface area contributed by atoms with Crippen molar-refractivity contribution in [2.45, 2.75) is 32.7 Å². The number of hydrogen-bond acceptors (Lipinski definition) is 3. The van der Waals surface area contributed by atoms with Crippen LogP contribution < -0.4 is 10.2 Å². The number of likely N-dealkylation sites (tertiary alicyclic amines) is 1. The number of ether oxygens (including phenoxy) is 1. The van der Waals surface area contributed by atoms with Crippen LogP contribution in [0.3, 0.4) is 0 Å². The van der Waals surface area contributed by atoms with Crippen LogP contribution in [0.5, 0.6) is 0 Å². The maximum Gasteiger partial charge on any atom is 0.309 e. The number of quaternary nitrogens is 1. The fraction of sp³-hybridized carbons (Fsp3) is 0.529. The van der Waals surface area contributed by atoms with Crippen LogP contribution in [0.25, 0.3) is 0 Å².